The maximum atomic E-state index is 12.2. The van der Waals surface area contributed by atoms with E-state index in [4.69, 9.17) is 5.11 Å². The number of hydrogen-bond donors (Lipinski definition) is 1. The molecule has 1 aromatic heterocycles. The van der Waals surface area contributed by atoms with Gasteiger partial charge in [-0.3, -0.25) is 4.79 Å². The summed E-state index contributed by atoms with van der Waals surface area (Å²) in [7, 11) is -3.70. The number of rotatable bonds is 5. The largest absolute Gasteiger partial charge is 0.480 e. The molecule has 0 aromatic carbocycles. The summed E-state index contributed by atoms with van der Waals surface area (Å²) in [6.45, 7) is 4.60. The monoisotopic (exact) mass is 277 g/mol. The van der Waals surface area contributed by atoms with Crippen molar-refractivity contribution < 1.29 is 18.3 Å². The zero-order valence-corrected chi connectivity index (χ0v) is 11.5. The number of carboxylic acid groups (broad SMARTS) is 1. The Bertz CT molecular complexity index is 504. The number of sulfonamides is 1. The van der Waals surface area contributed by atoms with Crippen LogP contribution < -0.4 is 0 Å². The van der Waals surface area contributed by atoms with Crippen molar-refractivity contribution in [1.82, 2.24) is 4.31 Å². The van der Waals surface area contributed by atoms with E-state index >= 15 is 0 Å². The van der Waals surface area contributed by atoms with E-state index in [1.165, 1.54) is 6.07 Å². The molecule has 0 atom stereocenters. The van der Waals surface area contributed by atoms with Crippen molar-refractivity contribution in [2.75, 3.05) is 6.54 Å². The van der Waals surface area contributed by atoms with Crippen LogP contribution in [0, 0.1) is 6.92 Å². The summed E-state index contributed by atoms with van der Waals surface area (Å²) >= 11 is 1.14. The van der Waals surface area contributed by atoms with E-state index in [1.54, 1.807) is 26.8 Å². The van der Waals surface area contributed by atoms with Crippen LogP contribution in [0.4, 0.5) is 0 Å². The molecule has 1 aromatic rings. The predicted octanol–water partition coefficient (Wildman–Crippen LogP) is 1.54. The van der Waals surface area contributed by atoms with Crippen LogP contribution in [0.5, 0.6) is 0 Å². The number of aryl methyl sites for hydroxylation is 1. The highest BCUT2D eigenvalue weighted by molar-refractivity contribution is 7.91. The molecule has 0 saturated heterocycles. The number of thiophene rings is 1. The fourth-order valence-corrected chi connectivity index (χ4v) is 4.34. The van der Waals surface area contributed by atoms with Gasteiger partial charge < -0.3 is 5.11 Å². The molecule has 1 heterocycles. The van der Waals surface area contributed by atoms with E-state index in [-0.39, 0.29) is 4.21 Å². The van der Waals surface area contributed by atoms with E-state index < -0.39 is 28.6 Å². The Morgan fingerprint density at radius 3 is 2.41 bits per heavy atom. The summed E-state index contributed by atoms with van der Waals surface area (Å²) in [5.74, 6) is -1.16. The van der Waals surface area contributed by atoms with Crippen LogP contribution >= 0.6 is 11.3 Å². The van der Waals surface area contributed by atoms with Crippen molar-refractivity contribution in [2.24, 2.45) is 0 Å². The van der Waals surface area contributed by atoms with Gasteiger partial charge in [0, 0.05) is 10.9 Å². The van der Waals surface area contributed by atoms with E-state index in [2.05, 4.69) is 0 Å². The Kier molecular flexibility index (Phi) is 4.29. The summed E-state index contributed by atoms with van der Waals surface area (Å²) in [6, 6.07) is 2.82. The molecule has 0 amide bonds. The Morgan fingerprint density at radius 1 is 1.47 bits per heavy atom. The summed E-state index contributed by atoms with van der Waals surface area (Å²) in [4.78, 5) is 11.6. The second-order valence-corrected chi connectivity index (χ2v) is 7.31. The Balaban J connectivity index is 3.13. The molecule has 0 aliphatic carbocycles. The lowest BCUT2D eigenvalue weighted by Gasteiger charge is -2.23. The molecule has 0 bridgehead atoms. The molecule has 0 fully saturated rings. The highest BCUT2D eigenvalue weighted by Gasteiger charge is 2.29. The molecule has 0 saturated carbocycles. The van der Waals surface area contributed by atoms with E-state index in [0.29, 0.717) is 0 Å². The van der Waals surface area contributed by atoms with Gasteiger partial charge >= 0.3 is 5.97 Å². The van der Waals surface area contributed by atoms with Gasteiger partial charge in [0.25, 0.3) is 10.0 Å². The second-order valence-electron chi connectivity index (χ2n) is 3.90. The van der Waals surface area contributed by atoms with Crippen LogP contribution in [0.15, 0.2) is 16.3 Å². The molecular formula is C10H15NO4S2. The fraction of sp³-hybridized carbons (Fsp3) is 0.500. The number of carbonyl (C=O) groups is 1. The molecule has 0 spiro atoms. The van der Waals surface area contributed by atoms with Crippen LogP contribution in [0.3, 0.4) is 0 Å². The summed E-state index contributed by atoms with van der Waals surface area (Å²) in [5, 5.41) is 8.75. The van der Waals surface area contributed by atoms with Crippen LogP contribution in [-0.2, 0) is 14.8 Å². The number of carboxylic acids is 1. The average molecular weight is 277 g/mol. The standard InChI is InChI=1S/C10H15NO4S2/c1-7(2)11(6-9(12)13)17(14,15)10-5-4-8(3)16-10/h4-5,7H,6H2,1-3H3,(H,12,13). The zero-order chi connectivity index (χ0) is 13.2. The number of nitrogens with zero attached hydrogens (tertiary/aromatic N) is 1. The lowest BCUT2D eigenvalue weighted by atomic mass is 10.4. The normalized spacial score (nSPS) is 12.3. The molecule has 1 N–H and O–H groups in total. The highest BCUT2D eigenvalue weighted by atomic mass is 32.2. The molecule has 17 heavy (non-hydrogen) atoms. The quantitative estimate of drug-likeness (QED) is 0.886. The van der Waals surface area contributed by atoms with Crippen molar-refractivity contribution in [3.05, 3.63) is 17.0 Å². The smallest absolute Gasteiger partial charge is 0.318 e. The summed E-state index contributed by atoms with van der Waals surface area (Å²) < 4.78 is 25.6. The highest BCUT2D eigenvalue weighted by Crippen LogP contribution is 2.25. The van der Waals surface area contributed by atoms with Gasteiger partial charge in [0.2, 0.25) is 0 Å². The molecule has 0 unspecified atom stereocenters. The number of hydrogen-bond acceptors (Lipinski definition) is 4. The maximum absolute atomic E-state index is 12.2. The summed E-state index contributed by atoms with van der Waals surface area (Å²) in [6.07, 6.45) is 0. The van der Waals surface area contributed by atoms with Crippen molar-refractivity contribution in [2.45, 2.75) is 31.0 Å². The molecule has 5 nitrogen and oxygen atoms in total. The first-order chi connectivity index (χ1) is 7.75. The lowest BCUT2D eigenvalue weighted by molar-refractivity contribution is -0.137. The molecule has 7 heteroatoms. The molecule has 1 rings (SSSR count). The summed E-state index contributed by atoms with van der Waals surface area (Å²) in [5.41, 5.74) is 0. The minimum absolute atomic E-state index is 0.185. The fourth-order valence-electron chi connectivity index (χ4n) is 1.34. The Hall–Kier alpha value is -0.920. The van der Waals surface area contributed by atoms with Crippen LogP contribution in [0.1, 0.15) is 18.7 Å². The van der Waals surface area contributed by atoms with E-state index in [1.807, 2.05) is 0 Å². The maximum Gasteiger partial charge on any atom is 0.318 e. The van der Waals surface area contributed by atoms with Gasteiger partial charge in [-0.25, -0.2) is 8.42 Å². The van der Waals surface area contributed by atoms with Crippen molar-refractivity contribution in [3.8, 4) is 0 Å². The van der Waals surface area contributed by atoms with Gasteiger partial charge in [0.1, 0.15) is 10.8 Å². The van der Waals surface area contributed by atoms with Crippen molar-refractivity contribution in [3.63, 3.8) is 0 Å². The number of aliphatic carboxylic acids is 1. The first-order valence-corrected chi connectivity index (χ1v) is 7.31. The van der Waals surface area contributed by atoms with E-state index in [0.717, 1.165) is 20.5 Å². The minimum atomic E-state index is -3.70. The topological polar surface area (TPSA) is 74.7 Å². The lowest BCUT2D eigenvalue weighted by Crippen LogP contribution is -2.40. The molecular weight excluding hydrogens is 262 g/mol. The zero-order valence-electron chi connectivity index (χ0n) is 9.87. The van der Waals surface area contributed by atoms with Gasteiger partial charge in [0.05, 0.1) is 0 Å². The SMILES string of the molecule is Cc1ccc(S(=O)(=O)N(CC(=O)O)C(C)C)s1. The third kappa shape index (κ3) is 3.27. The first kappa shape index (κ1) is 14.1. The van der Waals surface area contributed by atoms with Gasteiger partial charge in [-0.2, -0.15) is 4.31 Å². The van der Waals surface area contributed by atoms with Gasteiger partial charge in [-0.15, -0.1) is 11.3 Å². The van der Waals surface area contributed by atoms with Crippen LogP contribution in [0.25, 0.3) is 0 Å². The third-order valence-corrected chi connectivity index (χ3v) is 5.64. The molecule has 0 radical (unpaired) electrons. The van der Waals surface area contributed by atoms with Crippen molar-refractivity contribution >= 4 is 27.3 Å². The van der Waals surface area contributed by atoms with Gasteiger partial charge in [0.15, 0.2) is 0 Å². The minimum Gasteiger partial charge on any atom is -0.480 e. The van der Waals surface area contributed by atoms with Crippen LogP contribution in [-0.4, -0.2) is 36.4 Å². The van der Waals surface area contributed by atoms with E-state index in [9.17, 15) is 13.2 Å². The Morgan fingerprint density at radius 2 is 2.06 bits per heavy atom. The second kappa shape index (κ2) is 5.16. The average Bonchev–Trinajstić information content (AvgIpc) is 2.61. The van der Waals surface area contributed by atoms with Gasteiger partial charge in [-0.1, -0.05) is 0 Å². The third-order valence-electron chi connectivity index (χ3n) is 2.15. The molecule has 96 valence electrons. The predicted molar refractivity (Wildman–Crippen MR) is 65.7 cm³/mol. The molecule has 0 aliphatic rings. The van der Waals surface area contributed by atoms with Crippen LogP contribution in [0.2, 0.25) is 0 Å². The Labute approximate surface area is 105 Å². The first-order valence-electron chi connectivity index (χ1n) is 5.05. The van der Waals surface area contributed by atoms with Crippen molar-refractivity contribution in [1.29, 1.82) is 0 Å². The van der Waals surface area contributed by atoms with Gasteiger partial charge in [-0.05, 0) is 32.9 Å². The molecule has 0 aliphatic heterocycles.